The number of aryl methyl sites for hydroxylation is 2. The lowest BCUT2D eigenvalue weighted by Gasteiger charge is -2.20. The molecule has 1 saturated heterocycles. The third kappa shape index (κ3) is 6.05. The minimum atomic E-state index is -3.72. The second-order valence-corrected chi connectivity index (χ2v) is 10.8. The predicted molar refractivity (Wildman–Crippen MR) is 145 cm³/mol. The van der Waals surface area contributed by atoms with E-state index in [-0.39, 0.29) is 16.3 Å². The highest BCUT2D eigenvalue weighted by molar-refractivity contribution is 7.89. The maximum absolute atomic E-state index is 13.6. The zero-order valence-corrected chi connectivity index (χ0v) is 23.7. The summed E-state index contributed by atoms with van der Waals surface area (Å²) in [4.78, 5) is 21.9. The minimum Gasteiger partial charge on any atom is -0.493 e. The van der Waals surface area contributed by atoms with Crippen molar-refractivity contribution < 1.29 is 18.1 Å². The quantitative estimate of drug-likeness (QED) is 0.458. The fraction of sp³-hybridized carbons (Fsp3) is 0.577. The van der Waals surface area contributed by atoms with Gasteiger partial charge >= 0.3 is 0 Å². The van der Waals surface area contributed by atoms with Gasteiger partial charge in [0, 0.05) is 19.4 Å². The first kappa shape index (κ1) is 28.8. The van der Waals surface area contributed by atoms with Gasteiger partial charge in [-0.15, -0.1) is 5.10 Å². The van der Waals surface area contributed by atoms with E-state index < -0.39 is 10.0 Å². The van der Waals surface area contributed by atoms with Crippen LogP contribution in [0.15, 0.2) is 27.9 Å². The van der Waals surface area contributed by atoms with Gasteiger partial charge in [-0.05, 0) is 45.4 Å². The van der Waals surface area contributed by atoms with E-state index in [4.69, 9.17) is 4.74 Å². The van der Waals surface area contributed by atoms with Gasteiger partial charge in [-0.2, -0.15) is 4.31 Å². The molecule has 10 nitrogen and oxygen atoms in total. The topological polar surface area (TPSA) is 114 Å². The number of hydrogen-bond acceptors (Lipinski definition) is 6. The number of imidazole rings is 1. The SMILES string of the molecule is CC.CCCc1nc(C)c2c(=O)[nH]c(-c3cc(S(=O)(=O)N4CCC[NH+](CC)CC4)ccc3OCC)nn12. The summed E-state index contributed by atoms with van der Waals surface area (Å²) in [6, 6.07) is 4.77. The molecule has 1 aromatic carbocycles. The molecule has 1 atom stereocenters. The van der Waals surface area contributed by atoms with Crippen LogP contribution in [0, 0.1) is 6.92 Å². The number of aromatic nitrogens is 4. The van der Waals surface area contributed by atoms with Crippen LogP contribution >= 0.6 is 0 Å². The third-order valence-corrected chi connectivity index (χ3v) is 8.41. The van der Waals surface area contributed by atoms with Crippen molar-refractivity contribution in [3.05, 3.63) is 40.1 Å². The first-order valence-corrected chi connectivity index (χ1v) is 14.8. The predicted octanol–water partition coefficient (Wildman–Crippen LogP) is 2.07. The zero-order valence-electron chi connectivity index (χ0n) is 22.9. The molecule has 0 saturated carbocycles. The van der Waals surface area contributed by atoms with Crippen molar-refractivity contribution in [3.8, 4) is 17.1 Å². The van der Waals surface area contributed by atoms with Gasteiger partial charge in [0.25, 0.3) is 5.56 Å². The molecule has 4 rings (SSSR count). The lowest BCUT2D eigenvalue weighted by molar-refractivity contribution is -0.896. The highest BCUT2D eigenvalue weighted by atomic mass is 32.2. The van der Waals surface area contributed by atoms with E-state index in [0.29, 0.717) is 54.5 Å². The summed E-state index contributed by atoms with van der Waals surface area (Å²) in [6.45, 7) is 15.9. The fourth-order valence-corrected chi connectivity index (χ4v) is 6.15. The first-order chi connectivity index (χ1) is 17.8. The molecule has 2 aromatic heterocycles. The Kier molecular flexibility index (Phi) is 9.86. The molecule has 11 heteroatoms. The Hall–Kier alpha value is -2.76. The average Bonchev–Trinajstić information content (AvgIpc) is 3.06. The van der Waals surface area contributed by atoms with E-state index in [1.165, 1.54) is 4.90 Å². The Morgan fingerprint density at radius 2 is 1.89 bits per heavy atom. The Balaban J connectivity index is 0.00000186. The van der Waals surface area contributed by atoms with Crippen LogP contribution in [-0.4, -0.2) is 71.6 Å². The summed E-state index contributed by atoms with van der Waals surface area (Å²) in [5.41, 5.74) is 1.11. The van der Waals surface area contributed by atoms with Crippen molar-refractivity contribution in [1.29, 1.82) is 0 Å². The number of nitrogens with zero attached hydrogens (tertiary/aromatic N) is 4. The van der Waals surface area contributed by atoms with Gasteiger partial charge in [0.15, 0.2) is 11.3 Å². The minimum absolute atomic E-state index is 0.161. The van der Waals surface area contributed by atoms with Gasteiger partial charge in [-0.25, -0.2) is 17.9 Å². The number of aromatic amines is 1. The van der Waals surface area contributed by atoms with Crippen LogP contribution < -0.4 is 15.2 Å². The zero-order chi connectivity index (χ0) is 27.2. The van der Waals surface area contributed by atoms with Crippen LogP contribution in [0.2, 0.25) is 0 Å². The van der Waals surface area contributed by atoms with E-state index in [9.17, 15) is 13.2 Å². The van der Waals surface area contributed by atoms with Crippen LogP contribution in [-0.2, 0) is 16.4 Å². The number of rotatable bonds is 8. The van der Waals surface area contributed by atoms with Crippen LogP contribution in [0.4, 0.5) is 0 Å². The van der Waals surface area contributed by atoms with Crippen LogP contribution in [0.5, 0.6) is 5.75 Å². The van der Waals surface area contributed by atoms with Crippen LogP contribution in [0.25, 0.3) is 16.9 Å². The van der Waals surface area contributed by atoms with E-state index in [1.54, 1.807) is 33.9 Å². The summed E-state index contributed by atoms with van der Waals surface area (Å²) in [5, 5.41) is 4.67. The number of benzene rings is 1. The molecule has 3 aromatic rings. The average molecular weight is 534 g/mol. The third-order valence-electron chi connectivity index (χ3n) is 6.51. The second-order valence-electron chi connectivity index (χ2n) is 8.88. The molecule has 1 aliphatic heterocycles. The molecule has 0 radical (unpaired) electrons. The molecule has 1 aliphatic rings. The Morgan fingerprint density at radius 1 is 1.14 bits per heavy atom. The highest BCUT2D eigenvalue weighted by Crippen LogP contribution is 2.31. The molecule has 1 fully saturated rings. The standard InChI is InChI=1S/C24H34N6O4S.C2H6/c1-5-9-21-25-17(4)22-24(31)26-23(27-30(21)22)19-16-18(10-11-20(19)34-7-3)35(32,33)29-13-8-12-28(6-2)14-15-29;1-2/h10-11,16H,5-9,12-15H2,1-4H3,(H,26,27,31);1-2H3/p+1. The molecular formula is C26H41N6O4S+. The Labute approximate surface area is 219 Å². The number of sulfonamides is 1. The van der Waals surface area contributed by atoms with E-state index in [2.05, 4.69) is 22.0 Å². The van der Waals surface area contributed by atoms with Gasteiger partial charge in [0.05, 0.1) is 48.9 Å². The van der Waals surface area contributed by atoms with Gasteiger partial charge in [0.1, 0.15) is 11.6 Å². The molecule has 0 bridgehead atoms. The number of likely N-dealkylation sites (N-methyl/N-ethyl adjacent to an activating group) is 1. The van der Waals surface area contributed by atoms with E-state index >= 15 is 0 Å². The molecule has 1 unspecified atom stereocenters. The molecule has 37 heavy (non-hydrogen) atoms. The van der Waals surface area contributed by atoms with Crippen molar-refractivity contribution >= 4 is 15.5 Å². The normalized spacial score (nSPS) is 16.8. The maximum Gasteiger partial charge on any atom is 0.277 e. The van der Waals surface area contributed by atoms with Crippen molar-refractivity contribution in [2.45, 2.75) is 65.7 Å². The number of nitrogens with one attached hydrogen (secondary N) is 2. The number of H-pyrrole nitrogens is 1. The number of quaternary nitrogens is 1. The van der Waals surface area contributed by atoms with Crippen molar-refractivity contribution in [2.75, 3.05) is 39.3 Å². The van der Waals surface area contributed by atoms with Crippen molar-refractivity contribution in [1.82, 2.24) is 23.9 Å². The van der Waals surface area contributed by atoms with Gasteiger partial charge in [0.2, 0.25) is 10.0 Å². The lowest BCUT2D eigenvalue weighted by Crippen LogP contribution is -3.12. The summed E-state index contributed by atoms with van der Waals surface area (Å²) >= 11 is 0. The van der Waals surface area contributed by atoms with Crippen LogP contribution in [0.1, 0.15) is 59.0 Å². The van der Waals surface area contributed by atoms with E-state index in [0.717, 1.165) is 32.5 Å². The number of hydrogen-bond donors (Lipinski definition) is 2. The monoisotopic (exact) mass is 533 g/mol. The first-order valence-electron chi connectivity index (χ1n) is 13.4. The highest BCUT2D eigenvalue weighted by Gasteiger charge is 2.29. The summed E-state index contributed by atoms with van der Waals surface area (Å²) in [6.07, 6.45) is 2.34. The lowest BCUT2D eigenvalue weighted by atomic mass is 10.2. The van der Waals surface area contributed by atoms with Gasteiger partial charge < -0.3 is 14.6 Å². The molecule has 3 heterocycles. The summed E-state index contributed by atoms with van der Waals surface area (Å²) < 4.78 is 36.1. The largest absolute Gasteiger partial charge is 0.493 e. The van der Waals surface area contributed by atoms with Crippen LogP contribution in [0.3, 0.4) is 0 Å². The molecule has 204 valence electrons. The van der Waals surface area contributed by atoms with Crippen molar-refractivity contribution in [2.24, 2.45) is 0 Å². The number of ether oxygens (including phenoxy) is 1. The molecule has 0 spiro atoms. The van der Waals surface area contributed by atoms with Gasteiger partial charge in [-0.1, -0.05) is 20.8 Å². The molecule has 0 aliphatic carbocycles. The molecule has 0 amide bonds. The van der Waals surface area contributed by atoms with Gasteiger partial charge in [-0.3, -0.25) is 4.79 Å². The number of fused-ring (bicyclic) bond motifs is 1. The molecular weight excluding hydrogens is 492 g/mol. The smallest absolute Gasteiger partial charge is 0.277 e. The van der Waals surface area contributed by atoms with E-state index in [1.807, 2.05) is 27.7 Å². The Morgan fingerprint density at radius 3 is 2.57 bits per heavy atom. The Bertz CT molecular complexity index is 1370. The summed E-state index contributed by atoms with van der Waals surface area (Å²) in [7, 11) is -3.72. The molecule has 2 N–H and O–H groups in total. The maximum atomic E-state index is 13.6. The fourth-order valence-electron chi connectivity index (χ4n) is 4.65. The summed E-state index contributed by atoms with van der Waals surface area (Å²) in [5.74, 6) is 1.40. The second kappa shape index (κ2) is 12.7. The van der Waals surface area contributed by atoms with Crippen molar-refractivity contribution in [3.63, 3.8) is 0 Å².